The minimum Gasteiger partial charge on any atom is -0.368 e. The van der Waals surface area contributed by atoms with Crippen molar-refractivity contribution in [2.45, 2.75) is 6.43 Å². The molecular weight excluding hydrogens is 216 g/mol. The van der Waals surface area contributed by atoms with Gasteiger partial charge in [-0.3, -0.25) is 4.68 Å². The van der Waals surface area contributed by atoms with E-state index in [1.54, 1.807) is 7.05 Å². The second-order valence-corrected chi connectivity index (χ2v) is 3.24. The van der Waals surface area contributed by atoms with Crippen molar-refractivity contribution in [1.82, 2.24) is 19.7 Å². The Morgan fingerprint density at radius 2 is 1.94 bits per heavy atom. The molecule has 2 aromatic rings. The molecule has 0 atom stereocenters. The zero-order valence-electron chi connectivity index (χ0n) is 8.43. The van der Waals surface area contributed by atoms with Gasteiger partial charge in [-0.05, 0) is 0 Å². The van der Waals surface area contributed by atoms with E-state index < -0.39 is 6.43 Å². The summed E-state index contributed by atoms with van der Waals surface area (Å²) in [5, 5.41) is 3.95. The summed E-state index contributed by atoms with van der Waals surface area (Å²) in [6.45, 7) is 0. The number of alkyl halides is 2. The van der Waals surface area contributed by atoms with Crippen LogP contribution in [-0.4, -0.2) is 19.7 Å². The highest BCUT2D eigenvalue weighted by atomic mass is 19.3. The highest BCUT2D eigenvalue weighted by molar-refractivity contribution is 5.61. The van der Waals surface area contributed by atoms with Gasteiger partial charge in [0.05, 0.1) is 5.56 Å². The molecule has 0 aliphatic heterocycles. The Morgan fingerprint density at radius 1 is 1.31 bits per heavy atom. The molecule has 0 saturated heterocycles. The fourth-order valence-corrected chi connectivity index (χ4v) is 1.35. The van der Waals surface area contributed by atoms with Gasteiger partial charge >= 0.3 is 0 Å². The van der Waals surface area contributed by atoms with Crippen LogP contribution in [0.5, 0.6) is 0 Å². The summed E-state index contributed by atoms with van der Waals surface area (Å²) in [5.41, 5.74) is 5.77. The average molecular weight is 225 g/mol. The van der Waals surface area contributed by atoms with Crippen LogP contribution in [-0.2, 0) is 7.05 Å². The maximum Gasteiger partial charge on any atom is 0.267 e. The molecule has 84 valence electrons. The lowest BCUT2D eigenvalue weighted by Crippen LogP contribution is -1.95. The van der Waals surface area contributed by atoms with E-state index >= 15 is 0 Å². The second-order valence-electron chi connectivity index (χ2n) is 3.24. The van der Waals surface area contributed by atoms with Gasteiger partial charge in [0.15, 0.2) is 0 Å². The Bertz CT molecular complexity index is 491. The lowest BCUT2D eigenvalue weighted by molar-refractivity contribution is 0.152. The minimum atomic E-state index is -2.58. The fourth-order valence-electron chi connectivity index (χ4n) is 1.35. The quantitative estimate of drug-likeness (QED) is 0.838. The third-order valence-corrected chi connectivity index (χ3v) is 2.04. The molecule has 0 aromatic carbocycles. The van der Waals surface area contributed by atoms with Gasteiger partial charge in [0.2, 0.25) is 5.95 Å². The third kappa shape index (κ3) is 1.83. The first-order valence-corrected chi connectivity index (χ1v) is 4.47. The molecule has 2 aromatic heterocycles. The number of nitrogens with zero attached hydrogens (tertiary/aromatic N) is 4. The van der Waals surface area contributed by atoms with Crippen molar-refractivity contribution in [2.24, 2.45) is 7.05 Å². The maximum absolute atomic E-state index is 12.7. The molecule has 0 spiro atoms. The predicted octanol–water partition coefficient (Wildman–Crippen LogP) is 1.40. The molecule has 2 N–H and O–H groups in total. The standard InChI is InChI=1S/C9H9F2N5/c1-16-4-6(8(10)11)7(15-16)5-2-13-9(12)14-3-5/h2-4,8H,1H3,(H2,12,13,14). The predicted molar refractivity (Wildman–Crippen MR) is 53.6 cm³/mol. The number of rotatable bonds is 2. The Labute approximate surface area is 89.9 Å². The summed E-state index contributed by atoms with van der Waals surface area (Å²) in [4.78, 5) is 7.48. The van der Waals surface area contributed by atoms with Crippen LogP contribution in [0.3, 0.4) is 0 Å². The highest BCUT2D eigenvalue weighted by Gasteiger charge is 2.18. The molecule has 16 heavy (non-hydrogen) atoms. The van der Waals surface area contributed by atoms with Gasteiger partial charge < -0.3 is 5.73 Å². The molecule has 0 amide bonds. The van der Waals surface area contributed by atoms with E-state index in [1.807, 2.05) is 0 Å². The lowest BCUT2D eigenvalue weighted by atomic mass is 10.1. The fraction of sp³-hybridized carbons (Fsp3) is 0.222. The van der Waals surface area contributed by atoms with Crippen molar-refractivity contribution in [3.63, 3.8) is 0 Å². The van der Waals surface area contributed by atoms with Crippen molar-refractivity contribution >= 4 is 5.95 Å². The Balaban J connectivity index is 2.50. The average Bonchev–Trinajstić information content (AvgIpc) is 2.61. The van der Waals surface area contributed by atoms with Gasteiger partial charge in [0.25, 0.3) is 6.43 Å². The Hall–Kier alpha value is -2.05. The molecule has 0 aliphatic rings. The summed E-state index contributed by atoms with van der Waals surface area (Å²) < 4.78 is 26.7. The zero-order valence-corrected chi connectivity index (χ0v) is 8.43. The van der Waals surface area contributed by atoms with Gasteiger partial charge in [-0.2, -0.15) is 5.10 Å². The van der Waals surface area contributed by atoms with Gasteiger partial charge in [-0.25, -0.2) is 18.7 Å². The van der Waals surface area contributed by atoms with Crippen molar-refractivity contribution in [3.8, 4) is 11.3 Å². The number of anilines is 1. The molecule has 0 bridgehead atoms. The summed E-state index contributed by atoms with van der Waals surface area (Å²) in [7, 11) is 1.58. The molecule has 0 saturated carbocycles. The van der Waals surface area contributed by atoms with Crippen LogP contribution in [0.2, 0.25) is 0 Å². The highest BCUT2D eigenvalue weighted by Crippen LogP contribution is 2.28. The van der Waals surface area contributed by atoms with E-state index in [0.29, 0.717) is 5.56 Å². The first-order chi connectivity index (χ1) is 7.58. The van der Waals surface area contributed by atoms with E-state index in [9.17, 15) is 8.78 Å². The van der Waals surface area contributed by atoms with Crippen LogP contribution < -0.4 is 5.73 Å². The Morgan fingerprint density at radius 3 is 2.50 bits per heavy atom. The van der Waals surface area contributed by atoms with Crippen molar-refractivity contribution in [2.75, 3.05) is 5.73 Å². The molecule has 2 heterocycles. The van der Waals surface area contributed by atoms with Gasteiger partial charge in [-0.1, -0.05) is 0 Å². The van der Waals surface area contributed by atoms with Crippen LogP contribution in [0.25, 0.3) is 11.3 Å². The van der Waals surface area contributed by atoms with Crippen molar-refractivity contribution in [3.05, 3.63) is 24.2 Å². The van der Waals surface area contributed by atoms with Crippen molar-refractivity contribution in [1.29, 1.82) is 0 Å². The van der Waals surface area contributed by atoms with Crippen LogP contribution in [0.4, 0.5) is 14.7 Å². The van der Waals surface area contributed by atoms with Gasteiger partial charge in [-0.15, -0.1) is 0 Å². The number of aromatic nitrogens is 4. The van der Waals surface area contributed by atoms with E-state index in [4.69, 9.17) is 5.73 Å². The summed E-state index contributed by atoms with van der Waals surface area (Å²) >= 11 is 0. The second kappa shape index (κ2) is 3.84. The summed E-state index contributed by atoms with van der Waals surface area (Å²) in [6, 6.07) is 0. The molecule has 0 fully saturated rings. The van der Waals surface area contributed by atoms with Crippen LogP contribution in [0, 0.1) is 0 Å². The molecule has 5 nitrogen and oxygen atoms in total. The monoisotopic (exact) mass is 225 g/mol. The van der Waals surface area contributed by atoms with E-state index in [-0.39, 0.29) is 17.2 Å². The van der Waals surface area contributed by atoms with Crippen LogP contribution >= 0.6 is 0 Å². The normalized spacial score (nSPS) is 11.0. The molecule has 0 unspecified atom stereocenters. The maximum atomic E-state index is 12.7. The topological polar surface area (TPSA) is 69.6 Å². The van der Waals surface area contributed by atoms with Crippen molar-refractivity contribution < 1.29 is 8.78 Å². The van der Waals surface area contributed by atoms with Gasteiger partial charge in [0, 0.05) is 31.2 Å². The lowest BCUT2D eigenvalue weighted by Gasteiger charge is -2.00. The van der Waals surface area contributed by atoms with Crippen LogP contribution in [0.15, 0.2) is 18.6 Å². The first kappa shape index (κ1) is 10.5. The largest absolute Gasteiger partial charge is 0.368 e. The van der Waals surface area contributed by atoms with E-state index in [1.165, 1.54) is 23.3 Å². The summed E-state index contributed by atoms with van der Waals surface area (Å²) in [6.07, 6.45) is 1.44. The van der Waals surface area contributed by atoms with E-state index in [2.05, 4.69) is 15.1 Å². The number of hydrogen-bond donors (Lipinski definition) is 1. The summed E-state index contributed by atoms with van der Waals surface area (Å²) in [5.74, 6) is 0.0956. The molecule has 7 heteroatoms. The molecule has 2 rings (SSSR count). The number of aryl methyl sites for hydroxylation is 1. The molecule has 0 radical (unpaired) electrons. The van der Waals surface area contributed by atoms with E-state index in [0.717, 1.165) is 0 Å². The minimum absolute atomic E-state index is 0.0956. The number of nitrogens with two attached hydrogens (primary N) is 1. The first-order valence-electron chi connectivity index (χ1n) is 4.47. The SMILES string of the molecule is Cn1cc(C(F)F)c(-c2cnc(N)nc2)n1. The number of hydrogen-bond acceptors (Lipinski definition) is 4. The zero-order chi connectivity index (χ0) is 11.7. The molecule has 0 aliphatic carbocycles. The number of halogens is 2. The van der Waals surface area contributed by atoms with Crippen LogP contribution in [0.1, 0.15) is 12.0 Å². The Kier molecular flexibility index (Phi) is 2.51. The number of nitrogen functional groups attached to an aromatic ring is 1. The van der Waals surface area contributed by atoms with Gasteiger partial charge in [0.1, 0.15) is 5.69 Å². The molecular formula is C9H9F2N5. The third-order valence-electron chi connectivity index (χ3n) is 2.04. The smallest absolute Gasteiger partial charge is 0.267 e.